The lowest BCUT2D eigenvalue weighted by molar-refractivity contribution is -0.141. The third-order valence-corrected chi connectivity index (χ3v) is 3.30. The Morgan fingerprint density at radius 2 is 2.00 bits per heavy atom. The molecular formula is C15H18N2O4. The Balaban J connectivity index is 2.15. The fourth-order valence-electron chi connectivity index (χ4n) is 2.28. The van der Waals surface area contributed by atoms with Crippen LogP contribution < -0.4 is 5.32 Å². The van der Waals surface area contributed by atoms with Crippen LogP contribution >= 0.6 is 0 Å². The molecule has 0 fully saturated rings. The molecule has 0 aliphatic carbocycles. The Morgan fingerprint density at radius 3 is 2.67 bits per heavy atom. The van der Waals surface area contributed by atoms with Crippen LogP contribution in [-0.4, -0.2) is 38.8 Å². The third kappa shape index (κ3) is 3.41. The number of carboxylic acid groups (broad SMARTS) is 1. The molecule has 1 aromatic heterocycles. The number of nitrogens with zero attached hydrogens (tertiary/aromatic N) is 1. The summed E-state index contributed by atoms with van der Waals surface area (Å²) in [5, 5.41) is 22.0. The number of aliphatic carboxylic acids is 1. The van der Waals surface area contributed by atoms with Gasteiger partial charge in [-0.15, -0.1) is 0 Å². The number of aryl methyl sites for hydroxylation is 1. The molecule has 0 saturated carbocycles. The number of benzene rings is 1. The minimum Gasteiger partial charge on any atom is -0.481 e. The van der Waals surface area contributed by atoms with Crippen molar-refractivity contribution in [3.63, 3.8) is 0 Å². The predicted molar refractivity (Wildman–Crippen MR) is 78.1 cm³/mol. The maximum atomic E-state index is 12.2. The molecule has 6 nitrogen and oxygen atoms in total. The van der Waals surface area contributed by atoms with Crippen LogP contribution in [-0.2, 0) is 11.8 Å². The highest BCUT2D eigenvalue weighted by atomic mass is 16.4. The van der Waals surface area contributed by atoms with Crippen molar-refractivity contribution in [1.29, 1.82) is 0 Å². The first-order chi connectivity index (χ1) is 9.80. The van der Waals surface area contributed by atoms with Crippen LogP contribution in [0.4, 0.5) is 0 Å². The molecule has 3 N–H and O–H groups in total. The van der Waals surface area contributed by atoms with E-state index in [-0.39, 0.29) is 12.5 Å². The first kappa shape index (κ1) is 15.1. The van der Waals surface area contributed by atoms with Gasteiger partial charge in [-0.3, -0.25) is 9.59 Å². The van der Waals surface area contributed by atoms with Crippen molar-refractivity contribution >= 4 is 22.8 Å². The molecule has 21 heavy (non-hydrogen) atoms. The largest absolute Gasteiger partial charge is 0.481 e. The average molecular weight is 290 g/mol. The smallest absolute Gasteiger partial charge is 0.306 e. The van der Waals surface area contributed by atoms with Gasteiger partial charge in [0.25, 0.3) is 5.91 Å². The van der Waals surface area contributed by atoms with E-state index in [1.807, 2.05) is 35.9 Å². The maximum Gasteiger partial charge on any atom is 0.306 e. The number of amides is 1. The monoisotopic (exact) mass is 290 g/mol. The summed E-state index contributed by atoms with van der Waals surface area (Å²) in [6.07, 6.45) is 1.29. The van der Waals surface area contributed by atoms with Crippen molar-refractivity contribution in [2.45, 2.75) is 18.9 Å². The van der Waals surface area contributed by atoms with Crippen LogP contribution in [0, 0.1) is 0 Å². The topological polar surface area (TPSA) is 91.6 Å². The van der Waals surface area contributed by atoms with Gasteiger partial charge in [-0.1, -0.05) is 18.2 Å². The van der Waals surface area contributed by atoms with Crippen LogP contribution in [0.1, 0.15) is 23.7 Å². The Labute approximate surface area is 122 Å². The Morgan fingerprint density at radius 1 is 1.33 bits per heavy atom. The van der Waals surface area contributed by atoms with Crippen LogP contribution in [0.15, 0.2) is 30.5 Å². The minimum absolute atomic E-state index is 0.124. The van der Waals surface area contributed by atoms with E-state index in [0.717, 1.165) is 10.9 Å². The van der Waals surface area contributed by atoms with Gasteiger partial charge >= 0.3 is 5.97 Å². The molecule has 0 spiro atoms. The number of rotatable bonds is 5. The van der Waals surface area contributed by atoms with Crippen molar-refractivity contribution in [3.8, 4) is 0 Å². The number of aromatic nitrogens is 1. The lowest BCUT2D eigenvalue weighted by Gasteiger charge is -2.21. The summed E-state index contributed by atoms with van der Waals surface area (Å²) in [5.74, 6) is -1.45. The summed E-state index contributed by atoms with van der Waals surface area (Å²) < 4.78 is 1.85. The van der Waals surface area contributed by atoms with E-state index in [1.54, 1.807) is 6.20 Å². The number of aliphatic hydroxyl groups is 1. The van der Waals surface area contributed by atoms with E-state index in [1.165, 1.54) is 6.92 Å². The van der Waals surface area contributed by atoms with Gasteiger partial charge in [0.05, 0.1) is 17.6 Å². The molecule has 2 aromatic rings. The molecule has 2 rings (SSSR count). The van der Waals surface area contributed by atoms with Crippen LogP contribution in [0.3, 0.4) is 0 Å². The van der Waals surface area contributed by atoms with Gasteiger partial charge in [0.15, 0.2) is 0 Å². The molecule has 1 atom stereocenters. The standard InChI is InChI=1S/C15H18N2O4/c1-15(21,7-13(18)19)9-16-14(20)11-8-17(2)12-6-4-3-5-10(11)12/h3-6,8,21H,7,9H2,1-2H3,(H,16,20)(H,18,19). The lowest BCUT2D eigenvalue weighted by Crippen LogP contribution is -2.42. The zero-order chi connectivity index (χ0) is 15.6. The third-order valence-electron chi connectivity index (χ3n) is 3.30. The molecule has 112 valence electrons. The first-order valence-corrected chi connectivity index (χ1v) is 6.56. The number of nitrogens with one attached hydrogen (secondary N) is 1. The Kier molecular flexibility index (Phi) is 3.99. The predicted octanol–water partition coefficient (Wildman–Crippen LogP) is 1.13. The van der Waals surface area contributed by atoms with E-state index >= 15 is 0 Å². The molecule has 6 heteroatoms. The fourth-order valence-corrected chi connectivity index (χ4v) is 2.28. The number of hydrogen-bond acceptors (Lipinski definition) is 3. The number of para-hydroxylation sites is 1. The molecule has 1 heterocycles. The number of carbonyl (C=O) groups excluding carboxylic acids is 1. The van der Waals surface area contributed by atoms with Crippen molar-refractivity contribution in [1.82, 2.24) is 9.88 Å². The lowest BCUT2D eigenvalue weighted by atomic mass is 10.0. The molecule has 1 unspecified atom stereocenters. The van der Waals surface area contributed by atoms with E-state index in [0.29, 0.717) is 5.56 Å². The highest BCUT2D eigenvalue weighted by Crippen LogP contribution is 2.20. The second kappa shape index (κ2) is 5.57. The van der Waals surface area contributed by atoms with Crippen molar-refractivity contribution in [3.05, 3.63) is 36.0 Å². The summed E-state index contributed by atoms with van der Waals surface area (Å²) in [6.45, 7) is 1.26. The molecule has 0 radical (unpaired) electrons. The molecule has 1 amide bonds. The van der Waals surface area contributed by atoms with Gasteiger partial charge in [-0.2, -0.15) is 0 Å². The number of carboxylic acids is 1. The molecule has 0 bridgehead atoms. The SMILES string of the molecule is Cn1cc(C(=O)NCC(C)(O)CC(=O)O)c2ccccc21. The highest BCUT2D eigenvalue weighted by Gasteiger charge is 2.25. The number of carbonyl (C=O) groups is 2. The normalized spacial score (nSPS) is 13.9. The van der Waals surface area contributed by atoms with E-state index < -0.39 is 18.0 Å². The molecule has 0 aliphatic rings. The molecule has 1 aromatic carbocycles. The summed E-state index contributed by atoms with van der Waals surface area (Å²) in [4.78, 5) is 22.9. The van der Waals surface area contributed by atoms with Gasteiger partial charge in [0.1, 0.15) is 0 Å². The zero-order valence-corrected chi connectivity index (χ0v) is 12.0. The number of fused-ring (bicyclic) bond motifs is 1. The molecule has 0 aliphatic heterocycles. The summed E-state index contributed by atoms with van der Waals surface area (Å²) in [7, 11) is 1.85. The molecular weight excluding hydrogens is 272 g/mol. The highest BCUT2D eigenvalue weighted by molar-refractivity contribution is 6.07. The van der Waals surface area contributed by atoms with Crippen LogP contribution in [0.25, 0.3) is 10.9 Å². The van der Waals surface area contributed by atoms with Crippen LogP contribution in [0.2, 0.25) is 0 Å². The Hall–Kier alpha value is -2.34. The zero-order valence-electron chi connectivity index (χ0n) is 12.0. The second-order valence-corrected chi connectivity index (χ2v) is 5.42. The minimum atomic E-state index is -1.48. The number of hydrogen-bond donors (Lipinski definition) is 3. The summed E-state index contributed by atoms with van der Waals surface area (Å²) in [5.41, 5.74) is -0.0503. The Bertz CT molecular complexity index is 688. The van der Waals surface area contributed by atoms with E-state index in [4.69, 9.17) is 5.11 Å². The maximum absolute atomic E-state index is 12.2. The van der Waals surface area contributed by atoms with E-state index in [2.05, 4.69) is 5.32 Å². The van der Waals surface area contributed by atoms with Gasteiger partial charge in [0.2, 0.25) is 0 Å². The van der Waals surface area contributed by atoms with E-state index in [9.17, 15) is 14.7 Å². The second-order valence-electron chi connectivity index (χ2n) is 5.42. The van der Waals surface area contributed by atoms with Gasteiger partial charge < -0.3 is 20.1 Å². The summed E-state index contributed by atoms with van der Waals surface area (Å²) >= 11 is 0. The first-order valence-electron chi connectivity index (χ1n) is 6.56. The van der Waals surface area contributed by atoms with Crippen molar-refractivity contribution in [2.24, 2.45) is 7.05 Å². The van der Waals surface area contributed by atoms with Gasteiger partial charge in [0, 0.05) is 30.7 Å². The van der Waals surface area contributed by atoms with Gasteiger partial charge in [-0.05, 0) is 13.0 Å². The van der Waals surface area contributed by atoms with Crippen LogP contribution in [0.5, 0.6) is 0 Å². The quantitative estimate of drug-likeness (QED) is 0.770. The van der Waals surface area contributed by atoms with Crippen molar-refractivity contribution < 1.29 is 19.8 Å². The van der Waals surface area contributed by atoms with Crippen molar-refractivity contribution in [2.75, 3.05) is 6.54 Å². The average Bonchev–Trinajstić information content (AvgIpc) is 2.73. The van der Waals surface area contributed by atoms with Gasteiger partial charge in [-0.25, -0.2) is 0 Å². The molecule has 0 saturated heterocycles. The fraction of sp³-hybridized carbons (Fsp3) is 0.333. The summed E-state index contributed by atoms with van der Waals surface area (Å²) in [6, 6.07) is 7.49.